The lowest BCUT2D eigenvalue weighted by molar-refractivity contribution is -0.127. The van der Waals surface area contributed by atoms with E-state index in [9.17, 15) is 4.79 Å². The number of hydrogen-bond acceptors (Lipinski definition) is 4. The summed E-state index contributed by atoms with van der Waals surface area (Å²) in [5.74, 6) is 0.963. The van der Waals surface area contributed by atoms with E-state index >= 15 is 0 Å². The maximum Gasteiger partial charge on any atom is 0.261 e. The number of methoxy groups -OCH3 is 1. The molecule has 1 saturated heterocycles. The number of nitrogens with one attached hydrogen (secondary N) is 1. The maximum atomic E-state index is 11.9. The third-order valence-electron chi connectivity index (χ3n) is 3.20. The van der Waals surface area contributed by atoms with Crippen molar-refractivity contribution in [1.82, 2.24) is 5.32 Å². The molecule has 1 amide bonds. The van der Waals surface area contributed by atoms with Crippen LogP contribution in [0.25, 0.3) is 0 Å². The molecule has 2 rings (SSSR count). The largest absolute Gasteiger partial charge is 0.493 e. The Morgan fingerprint density at radius 2 is 2.20 bits per heavy atom. The number of ether oxygens (including phenoxy) is 2. The van der Waals surface area contributed by atoms with Gasteiger partial charge in [-0.1, -0.05) is 12.2 Å². The van der Waals surface area contributed by atoms with Gasteiger partial charge in [0.25, 0.3) is 5.91 Å². The monoisotopic (exact) mass is 294 g/mol. The van der Waals surface area contributed by atoms with Crippen molar-refractivity contribution in [2.45, 2.75) is 25.4 Å². The Hall–Kier alpha value is -1.82. The van der Waals surface area contributed by atoms with E-state index in [0.29, 0.717) is 35.0 Å². The molecule has 108 valence electrons. The molecule has 0 aliphatic carbocycles. The number of hydrogen-bond donors (Lipinski definition) is 2. The van der Waals surface area contributed by atoms with Crippen molar-refractivity contribution in [2.75, 3.05) is 13.7 Å². The van der Waals surface area contributed by atoms with Gasteiger partial charge in [-0.15, -0.1) is 0 Å². The molecule has 0 saturated carbocycles. The van der Waals surface area contributed by atoms with Gasteiger partial charge in [-0.25, -0.2) is 0 Å². The van der Waals surface area contributed by atoms with E-state index in [1.807, 2.05) is 0 Å². The van der Waals surface area contributed by atoms with Crippen molar-refractivity contribution in [1.29, 1.82) is 0 Å². The van der Waals surface area contributed by atoms with Crippen LogP contribution in [0.3, 0.4) is 0 Å². The van der Waals surface area contributed by atoms with E-state index in [1.54, 1.807) is 25.3 Å². The second-order valence-corrected chi connectivity index (χ2v) is 5.06. The summed E-state index contributed by atoms with van der Waals surface area (Å²) >= 11 is 4.93. The number of nitrogens with two attached hydrogens (primary N) is 1. The Kier molecular flexibility index (Phi) is 4.79. The van der Waals surface area contributed by atoms with Crippen LogP contribution in [0.15, 0.2) is 18.2 Å². The Balaban J connectivity index is 2.19. The van der Waals surface area contributed by atoms with Crippen LogP contribution < -0.4 is 20.5 Å². The fourth-order valence-corrected chi connectivity index (χ4v) is 2.22. The van der Waals surface area contributed by atoms with Gasteiger partial charge >= 0.3 is 0 Å². The summed E-state index contributed by atoms with van der Waals surface area (Å²) in [5, 5.41) is 2.84. The molecule has 3 N–H and O–H groups in total. The highest BCUT2D eigenvalue weighted by molar-refractivity contribution is 7.80. The lowest BCUT2D eigenvalue weighted by Gasteiger charge is -2.18. The Labute approximate surface area is 123 Å². The summed E-state index contributed by atoms with van der Waals surface area (Å²) in [5.41, 5.74) is 6.29. The van der Waals surface area contributed by atoms with E-state index in [1.165, 1.54) is 0 Å². The molecule has 0 aromatic heterocycles. The van der Waals surface area contributed by atoms with E-state index < -0.39 is 6.10 Å². The molecule has 1 atom stereocenters. The smallest absolute Gasteiger partial charge is 0.261 e. The molecule has 0 radical (unpaired) electrons. The van der Waals surface area contributed by atoms with E-state index in [4.69, 9.17) is 27.4 Å². The number of carbonyl (C=O) groups is 1. The third kappa shape index (κ3) is 3.39. The van der Waals surface area contributed by atoms with Crippen molar-refractivity contribution in [3.8, 4) is 11.5 Å². The van der Waals surface area contributed by atoms with Gasteiger partial charge in [0.05, 0.1) is 7.11 Å². The molecule has 0 bridgehead atoms. The minimum Gasteiger partial charge on any atom is -0.493 e. The quantitative estimate of drug-likeness (QED) is 0.821. The summed E-state index contributed by atoms with van der Waals surface area (Å²) < 4.78 is 11.1. The number of rotatable bonds is 4. The van der Waals surface area contributed by atoms with Gasteiger partial charge in [-0.2, -0.15) is 0 Å². The molecule has 1 aliphatic rings. The molecule has 20 heavy (non-hydrogen) atoms. The molecule has 1 fully saturated rings. The van der Waals surface area contributed by atoms with Crippen molar-refractivity contribution in [3.63, 3.8) is 0 Å². The highest BCUT2D eigenvalue weighted by atomic mass is 32.1. The number of carbonyl (C=O) groups excluding carboxylic acids is 1. The summed E-state index contributed by atoms with van der Waals surface area (Å²) in [6.45, 7) is 0.705. The average molecular weight is 294 g/mol. The number of amides is 1. The molecule has 1 aromatic rings. The van der Waals surface area contributed by atoms with Gasteiger partial charge in [0.15, 0.2) is 17.6 Å². The lowest BCUT2D eigenvalue weighted by atomic mass is 10.1. The molecule has 5 nitrogen and oxygen atoms in total. The van der Waals surface area contributed by atoms with Gasteiger partial charge in [-0.3, -0.25) is 4.79 Å². The summed E-state index contributed by atoms with van der Waals surface area (Å²) in [6.07, 6.45) is 2.15. The summed E-state index contributed by atoms with van der Waals surface area (Å²) in [7, 11) is 1.54. The maximum absolute atomic E-state index is 11.9. The first-order valence-corrected chi connectivity index (χ1v) is 6.95. The Morgan fingerprint density at radius 3 is 2.90 bits per heavy atom. The zero-order chi connectivity index (χ0) is 14.5. The average Bonchev–Trinajstić information content (AvgIpc) is 2.64. The normalized spacial score (nSPS) is 18.9. The molecule has 1 unspecified atom stereocenters. The van der Waals surface area contributed by atoms with Crippen LogP contribution >= 0.6 is 12.2 Å². The van der Waals surface area contributed by atoms with Crippen LogP contribution in [0.2, 0.25) is 0 Å². The second kappa shape index (κ2) is 6.56. The first kappa shape index (κ1) is 14.6. The van der Waals surface area contributed by atoms with Gasteiger partial charge in [0.1, 0.15) is 4.99 Å². The zero-order valence-corrected chi connectivity index (χ0v) is 12.2. The van der Waals surface area contributed by atoms with Gasteiger partial charge in [0.2, 0.25) is 0 Å². The number of benzene rings is 1. The van der Waals surface area contributed by atoms with Crippen LogP contribution in [-0.4, -0.2) is 30.7 Å². The molecule has 0 spiro atoms. The summed E-state index contributed by atoms with van der Waals surface area (Å²) in [6, 6.07) is 5.20. The van der Waals surface area contributed by atoms with Crippen molar-refractivity contribution < 1.29 is 14.3 Å². The lowest BCUT2D eigenvalue weighted by Crippen LogP contribution is -2.36. The standard InChI is InChI=1S/C14H18N2O3S/c1-18-12-8-9(13(15)20)5-6-10(12)19-11-4-2-3-7-16-14(11)17/h5-6,8,11H,2-4,7H2,1H3,(H2,15,20)(H,16,17). The highest BCUT2D eigenvalue weighted by Gasteiger charge is 2.23. The van der Waals surface area contributed by atoms with Crippen LogP contribution in [0.1, 0.15) is 24.8 Å². The molecule has 1 aliphatic heterocycles. The summed E-state index contributed by atoms with van der Waals surface area (Å²) in [4.78, 5) is 12.2. The van der Waals surface area contributed by atoms with E-state index in [0.717, 1.165) is 12.8 Å². The van der Waals surface area contributed by atoms with Gasteiger partial charge in [-0.05, 0) is 37.5 Å². The SMILES string of the molecule is COc1cc(C(N)=S)ccc1OC1CCCCNC1=O. The number of thiocarbonyl (C=S) groups is 1. The predicted molar refractivity (Wildman–Crippen MR) is 80.2 cm³/mol. The van der Waals surface area contributed by atoms with Crippen LogP contribution in [0.4, 0.5) is 0 Å². The van der Waals surface area contributed by atoms with E-state index in [2.05, 4.69) is 5.32 Å². The fraction of sp³-hybridized carbons (Fsp3) is 0.429. The second-order valence-electron chi connectivity index (χ2n) is 4.62. The van der Waals surface area contributed by atoms with Crippen LogP contribution in [-0.2, 0) is 4.79 Å². The zero-order valence-electron chi connectivity index (χ0n) is 11.3. The molecular weight excluding hydrogens is 276 g/mol. The fourth-order valence-electron chi connectivity index (χ4n) is 2.10. The van der Waals surface area contributed by atoms with Crippen molar-refractivity contribution in [3.05, 3.63) is 23.8 Å². The Morgan fingerprint density at radius 1 is 1.40 bits per heavy atom. The van der Waals surface area contributed by atoms with Crippen LogP contribution in [0.5, 0.6) is 11.5 Å². The Bertz CT molecular complexity index is 519. The molecular formula is C14H18N2O3S. The van der Waals surface area contributed by atoms with Crippen LogP contribution in [0, 0.1) is 0 Å². The molecule has 1 aromatic carbocycles. The first-order valence-electron chi connectivity index (χ1n) is 6.54. The van der Waals surface area contributed by atoms with Crippen molar-refractivity contribution in [2.24, 2.45) is 5.73 Å². The van der Waals surface area contributed by atoms with Crippen molar-refractivity contribution >= 4 is 23.1 Å². The minimum absolute atomic E-state index is 0.0806. The molecule has 6 heteroatoms. The third-order valence-corrected chi connectivity index (χ3v) is 3.44. The topological polar surface area (TPSA) is 73.6 Å². The first-order chi connectivity index (χ1) is 9.61. The molecule has 1 heterocycles. The highest BCUT2D eigenvalue weighted by Crippen LogP contribution is 2.30. The van der Waals surface area contributed by atoms with E-state index in [-0.39, 0.29) is 5.91 Å². The minimum atomic E-state index is -0.484. The predicted octanol–water partition coefficient (Wildman–Crippen LogP) is 1.38. The van der Waals surface area contributed by atoms with Gasteiger partial charge < -0.3 is 20.5 Å². The van der Waals surface area contributed by atoms with Gasteiger partial charge in [0, 0.05) is 12.1 Å².